The molecule has 35 heavy (non-hydrogen) atoms. The van der Waals surface area contributed by atoms with Crippen LogP contribution in [0.5, 0.6) is 0 Å². The van der Waals surface area contributed by atoms with Crippen molar-refractivity contribution in [1.82, 2.24) is 14.8 Å². The molecule has 9 heteroatoms. The first kappa shape index (κ1) is 23.4. The number of hydrogen-bond acceptors (Lipinski definition) is 6. The van der Waals surface area contributed by atoms with Crippen molar-refractivity contribution in [1.29, 1.82) is 0 Å². The van der Waals surface area contributed by atoms with E-state index < -0.39 is 6.09 Å². The van der Waals surface area contributed by atoms with Crippen molar-refractivity contribution < 1.29 is 19.0 Å². The van der Waals surface area contributed by atoms with Crippen LogP contribution in [0.15, 0.2) is 87.6 Å². The van der Waals surface area contributed by atoms with Crippen LogP contribution >= 0.6 is 15.9 Å². The monoisotopic (exact) mass is 539 g/mol. The smallest absolute Gasteiger partial charge is 0.417 e. The minimum atomic E-state index is -0.460. The van der Waals surface area contributed by atoms with Crippen LogP contribution in [0.3, 0.4) is 0 Å². The van der Waals surface area contributed by atoms with Gasteiger partial charge < -0.3 is 24.1 Å². The standard InChI is InChI=1S/C26H26BrN3O5/c27-20-9-7-18-8-10-24(31)29(22(18)13-20)12-4-11-28-14-21-15-30(26(32)34-21)25-17-33-16-23(35-25)19-5-2-1-3-6-19/h1-2,5,7-10,13,16-17,21,28H,3-4,6,11-12,14-15H2/t21-/m1/s1. The zero-order valence-corrected chi connectivity index (χ0v) is 20.7. The number of ether oxygens (including phenoxy) is 3. The highest BCUT2D eigenvalue weighted by Crippen LogP contribution is 2.29. The molecule has 8 nitrogen and oxygen atoms in total. The van der Waals surface area contributed by atoms with Crippen LogP contribution in [-0.2, 0) is 20.8 Å². The summed E-state index contributed by atoms with van der Waals surface area (Å²) in [5, 5.41) is 4.36. The molecule has 0 bridgehead atoms. The van der Waals surface area contributed by atoms with Crippen LogP contribution in [0.4, 0.5) is 4.79 Å². The van der Waals surface area contributed by atoms with Gasteiger partial charge in [0.15, 0.2) is 12.0 Å². The Morgan fingerprint density at radius 3 is 2.89 bits per heavy atom. The molecule has 0 radical (unpaired) electrons. The van der Waals surface area contributed by atoms with Crippen molar-refractivity contribution in [2.75, 3.05) is 19.6 Å². The number of pyridine rings is 1. The molecule has 1 N–H and O–H groups in total. The minimum absolute atomic E-state index is 0.0210. The van der Waals surface area contributed by atoms with E-state index in [0.29, 0.717) is 37.8 Å². The molecule has 0 spiro atoms. The summed E-state index contributed by atoms with van der Waals surface area (Å²) in [6.07, 6.45) is 10.8. The van der Waals surface area contributed by atoms with Crippen molar-refractivity contribution in [2.24, 2.45) is 0 Å². The molecular weight excluding hydrogens is 514 g/mol. The third kappa shape index (κ3) is 5.36. The van der Waals surface area contributed by atoms with Crippen molar-refractivity contribution in [3.05, 3.63) is 93.1 Å². The van der Waals surface area contributed by atoms with Gasteiger partial charge in [0.2, 0.25) is 5.88 Å². The molecule has 5 rings (SSSR count). The second-order valence-corrected chi connectivity index (χ2v) is 9.45. The van der Waals surface area contributed by atoms with Gasteiger partial charge in [0, 0.05) is 23.6 Å². The van der Waals surface area contributed by atoms with Crippen molar-refractivity contribution in [3.63, 3.8) is 0 Å². The van der Waals surface area contributed by atoms with Gasteiger partial charge in [0.05, 0.1) is 12.1 Å². The number of carbonyl (C=O) groups is 1. The molecule has 0 unspecified atom stereocenters. The molecular formula is C26H26BrN3O5. The SMILES string of the molecule is O=C1O[C@H](CNCCCn2c(=O)ccc3ccc(Br)cc32)CN1C1=COC=C(C2=CC=CCC2)O1. The van der Waals surface area contributed by atoms with Gasteiger partial charge in [-0.05, 0) is 55.0 Å². The Kier molecular flexibility index (Phi) is 7.06. The first-order valence-corrected chi connectivity index (χ1v) is 12.5. The average molecular weight is 540 g/mol. The molecule has 2 aliphatic heterocycles. The number of allylic oxidation sites excluding steroid dienone is 4. The van der Waals surface area contributed by atoms with Gasteiger partial charge >= 0.3 is 6.09 Å². The Labute approximate surface area is 211 Å². The summed E-state index contributed by atoms with van der Waals surface area (Å²) in [5.74, 6) is 0.934. The van der Waals surface area contributed by atoms with Crippen LogP contribution in [-0.4, -0.2) is 41.3 Å². The Morgan fingerprint density at radius 2 is 2.03 bits per heavy atom. The molecule has 0 saturated carbocycles. The molecule has 2 aromatic rings. The minimum Gasteiger partial charge on any atom is -0.463 e. The molecule has 1 aliphatic carbocycles. The van der Waals surface area contributed by atoms with E-state index in [0.717, 1.165) is 40.2 Å². The highest BCUT2D eigenvalue weighted by atomic mass is 79.9. The number of nitrogens with one attached hydrogen (secondary N) is 1. The summed E-state index contributed by atoms with van der Waals surface area (Å²) in [4.78, 5) is 26.3. The van der Waals surface area contributed by atoms with Gasteiger partial charge in [-0.25, -0.2) is 9.69 Å². The van der Waals surface area contributed by atoms with E-state index in [9.17, 15) is 9.59 Å². The number of cyclic esters (lactones) is 1. The summed E-state index contributed by atoms with van der Waals surface area (Å²) >= 11 is 3.48. The number of amides is 1. The first-order chi connectivity index (χ1) is 17.1. The molecule has 3 heterocycles. The van der Waals surface area contributed by atoms with Gasteiger partial charge in [0.25, 0.3) is 5.56 Å². The lowest BCUT2D eigenvalue weighted by Gasteiger charge is -2.23. The fourth-order valence-corrected chi connectivity index (χ4v) is 4.66. The third-order valence-electron chi connectivity index (χ3n) is 6.09. The molecule has 1 aromatic heterocycles. The molecule has 182 valence electrons. The zero-order valence-electron chi connectivity index (χ0n) is 19.1. The maximum Gasteiger partial charge on any atom is 0.417 e. The normalized spacial score (nSPS) is 19.6. The highest BCUT2D eigenvalue weighted by Gasteiger charge is 2.36. The van der Waals surface area contributed by atoms with Crippen LogP contribution in [0, 0.1) is 0 Å². The lowest BCUT2D eigenvalue weighted by Crippen LogP contribution is -2.32. The maximum absolute atomic E-state index is 12.4. The predicted molar refractivity (Wildman–Crippen MR) is 135 cm³/mol. The van der Waals surface area contributed by atoms with E-state index in [1.54, 1.807) is 16.9 Å². The maximum atomic E-state index is 12.4. The zero-order chi connectivity index (χ0) is 24.2. The number of nitrogens with zero attached hydrogens (tertiary/aromatic N) is 2. The number of rotatable bonds is 8. The quantitative estimate of drug-likeness (QED) is 0.496. The molecule has 1 amide bonds. The first-order valence-electron chi connectivity index (χ1n) is 11.7. The summed E-state index contributed by atoms with van der Waals surface area (Å²) in [6.45, 7) is 2.14. The van der Waals surface area contributed by atoms with Gasteiger partial charge in [-0.2, -0.15) is 0 Å². The van der Waals surface area contributed by atoms with E-state index in [4.69, 9.17) is 14.2 Å². The topological polar surface area (TPSA) is 82.0 Å². The van der Waals surface area contributed by atoms with Crippen LogP contribution in [0.25, 0.3) is 10.9 Å². The largest absolute Gasteiger partial charge is 0.463 e. The van der Waals surface area contributed by atoms with Crippen LogP contribution < -0.4 is 10.9 Å². The molecule has 1 atom stereocenters. The summed E-state index contributed by atoms with van der Waals surface area (Å²) in [5.41, 5.74) is 1.91. The van der Waals surface area contributed by atoms with Crippen LogP contribution in [0.1, 0.15) is 19.3 Å². The summed E-state index contributed by atoms with van der Waals surface area (Å²) in [6, 6.07) is 9.37. The number of benzene rings is 1. The number of aryl methyl sites for hydroxylation is 1. The number of aromatic nitrogens is 1. The molecule has 1 saturated heterocycles. The Balaban J connectivity index is 1.10. The van der Waals surface area contributed by atoms with Crippen molar-refractivity contribution in [3.8, 4) is 0 Å². The molecule has 3 aliphatic rings. The van der Waals surface area contributed by atoms with Crippen molar-refractivity contribution >= 4 is 32.9 Å². The lowest BCUT2D eigenvalue weighted by atomic mass is 10.0. The van der Waals surface area contributed by atoms with E-state index in [1.165, 1.54) is 11.2 Å². The lowest BCUT2D eigenvalue weighted by molar-refractivity contribution is 0.118. The Hall–Kier alpha value is -3.30. The van der Waals surface area contributed by atoms with Gasteiger partial charge in [-0.1, -0.05) is 40.2 Å². The second kappa shape index (κ2) is 10.5. The summed E-state index contributed by atoms with van der Waals surface area (Å²) < 4.78 is 19.6. The van der Waals surface area contributed by atoms with Gasteiger partial charge in [-0.15, -0.1) is 0 Å². The fraction of sp³-hybridized carbons (Fsp3) is 0.308. The van der Waals surface area contributed by atoms with Crippen LogP contribution in [0.2, 0.25) is 0 Å². The Morgan fingerprint density at radius 1 is 1.14 bits per heavy atom. The van der Waals surface area contributed by atoms with E-state index >= 15 is 0 Å². The molecule has 1 fully saturated rings. The third-order valence-corrected chi connectivity index (χ3v) is 6.58. The number of hydrogen-bond donors (Lipinski definition) is 1. The van der Waals surface area contributed by atoms with E-state index in [1.807, 2.05) is 36.4 Å². The van der Waals surface area contributed by atoms with E-state index in [-0.39, 0.29) is 11.7 Å². The summed E-state index contributed by atoms with van der Waals surface area (Å²) in [7, 11) is 0. The number of fused-ring (bicyclic) bond motifs is 1. The van der Waals surface area contributed by atoms with Gasteiger partial charge in [0.1, 0.15) is 12.4 Å². The predicted octanol–water partition coefficient (Wildman–Crippen LogP) is 4.53. The number of halogens is 1. The average Bonchev–Trinajstić information content (AvgIpc) is 3.26. The Bertz CT molecular complexity index is 1310. The highest BCUT2D eigenvalue weighted by molar-refractivity contribution is 9.10. The van der Waals surface area contributed by atoms with Gasteiger partial charge in [-0.3, -0.25) is 4.79 Å². The fourth-order valence-electron chi connectivity index (χ4n) is 4.31. The van der Waals surface area contributed by atoms with Crippen molar-refractivity contribution in [2.45, 2.75) is 31.9 Å². The second-order valence-electron chi connectivity index (χ2n) is 8.54. The van der Waals surface area contributed by atoms with E-state index in [2.05, 4.69) is 27.3 Å². The molecule has 1 aromatic carbocycles. The number of carbonyl (C=O) groups excluding carboxylic acids is 1.